The summed E-state index contributed by atoms with van der Waals surface area (Å²) in [6, 6.07) is 25.2. The first-order chi connectivity index (χ1) is 16.7. The smallest absolute Gasteiger partial charge is 0.255 e. The molecule has 0 radical (unpaired) electrons. The number of nitrogens with zero attached hydrogens (tertiary/aromatic N) is 3. The third kappa shape index (κ3) is 5.74. The van der Waals surface area contributed by atoms with Crippen molar-refractivity contribution in [3.8, 4) is 5.75 Å². The first-order valence-electron chi connectivity index (χ1n) is 10.9. The predicted octanol–water partition coefficient (Wildman–Crippen LogP) is 5.61. The quantitative estimate of drug-likeness (QED) is 0.241. The summed E-state index contributed by atoms with van der Waals surface area (Å²) in [5.41, 5.74) is 3.51. The summed E-state index contributed by atoms with van der Waals surface area (Å²) < 4.78 is 7.40. The van der Waals surface area contributed by atoms with Crippen LogP contribution in [0.3, 0.4) is 0 Å². The van der Waals surface area contributed by atoms with Gasteiger partial charge in [-0.05, 0) is 35.4 Å². The zero-order valence-electron chi connectivity index (χ0n) is 19.0. The molecule has 172 valence electrons. The van der Waals surface area contributed by atoms with E-state index in [1.54, 1.807) is 18.9 Å². The lowest BCUT2D eigenvalue weighted by Gasteiger charge is -2.10. The maximum absolute atomic E-state index is 12.6. The highest BCUT2D eigenvalue weighted by Crippen LogP contribution is 2.25. The topological polar surface area (TPSA) is 69.0 Å². The van der Waals surface area contributed by atoms with E-state index < -0.39 is 0 Å². The largest absolute Gasteiger partial charge is 0.495 e. The molecule has 0 aliphatic rings. The molecule has 4 rings (SSSR count). The van der Waals surface area contributed by atoms with Crippen LogP contribution in [0.5, 0.6) is 5.75 Å². The lowest BCUT2D eigenvalue weighted by Crippen LogP contribution is -2.12. The fraction of sp³-hybridized carbons (Fsp3) is 0.148. The molecule has 4 aromatic rings. The van der Waals surface area contributed by atoms with Gasteiger partial charge in [-0.2, -0.15) is 0 Å². The van der Waals surface area contributed by atoms with Crippen molar-refractivity contribution in [3.63, 3.8) is 0 Å². The molecule has 1 heterocycles. The van der Waals surface area contributed by atoms with Crippen molar-refractivity contribution < 1.29 is 9.53 Å². The molecule has 3 aromatic carbocycles. The first kappa shape index (κ1) is 23.3. The molecule has 34 heavy (non-hydrogen) atoms. The van der Waals surface area contributed by atoms with E-state index in [0.717, 1.165) is 28.7 Å². The summed E-state index contributed by atoms with van der Waals surface area (Å²) in [4.78, 5) is 12.6. The van der Waals surface area contributed by atoms with E-state index in [4.69, 9.17) is 4.74 Å². The van der Waals surface area contributed by atoms with Crippen molar-refractivity contribution >= 4 is 23.4 Å². The molecule has 0 atom stereocenters. The molecule has 1 N–H and O–H groups in total. The summed E-state index contributed by atoms with van der Waals surface area (Å²) in [5.74, 6) is 2.07. The molecular formula is C27H26N4O2S. The number of carbonyl (C=O) groups is 1. The van der Waals surface area contributed by atoms with Crippen LogP contribution in [0, 0.1) is 0 Å². The predicted molar refractivity (Wildman–Crippen MR) is 136 cm³/mol. The van der Waals surface area contributed by atoms with E-state index >= 15 is 0 Å². The summed E-state index contributed by atoms with van der Waals surface area (Å²) in [5, 5.41) is 12.6. The van der Waals surface area contributed by atoms with E-state index in [-0.39, 0.29) is 5.91 Å². The average Bonchev–Trinajstić information content (AvgIpc) is 3.25. The normalized spacial score (nSPS) is 10.6. The van der Waals surface area contributed by atoms with Crippen molar-refractivity contribution in [1.82, 2.24) is 14.8 Å². The van der Waals surface area contributed by atoms with E-state index in [1.807, 2.05) is 72.8 Å². The Morgan fingerprint density at radius 3 is 2.47 bits per heavy atom. The second-order valence-electron chi connectivity index (χ2n) is 7.60. The van der Waals surface area contributed by atoms with Crippen molar-refractivity contribution in [2.75, 3.05) is 12.4 Å². The SMILES string of the molecule is C=CCn1c(Cc2ccccc2)nnc1SCc1ccc(C(=O)Nc2ccccc2OC)cc1. The maximum atomic E-state index is 12.6. The Bertz CT molecular complexity index is 1250. The minimum absolute atomic E-state index is 0.181. The average molecular weight is 471 g/mol. The van der Waals surface area contributed by atoms with Crippen molar-refractivity contribution in [2.24, 2.45) is 0 Å². The summed E-state index contributed by atoms with van der Waals surface area (Å²) >= 11 is 1.62. The van der Waals surface area contributed by atoms with E-state index in [0.29, 0.717) is 23.5 Å². The van der Waals surface area contributed by atoms with Crippen LogP contribution in [-0.4, -0.2) is 27.8 Å². The zero-order chi connectivity index (χ0) is 23.8. The van der Waals surface area contributed by atoms with Gasteiger partial charge in [0, 0.05) is 24.3 Å². The molecule has 0 bridgehead atoms. The van der Waals surface area contributed by atoms with Crippen LogP contribution in [0.4, 0.5) is 5.69 Å². The Balaban J connectivity index is 1.40. The molecule has 1 amide bonds. The number of rotatable bonds is 10. The fourth-order valence-electron chi connectivity index (χ4n) is 3.49. The number of thioether (sulfide) groups is 1. The third-order valence-electron chi connectivity index (χ3n) is 5.25. The number of allylic oxidation sites excluding steroid dienone is 1. The second kappa shape index (κ2) is 11.3. The van der Waals surface area contributed by atoms with E-state index in [1.165, 1.54) is 5.56 Å². The van der Waals surface area contributed by atoms with Crippen LogP contribution in [-0.2, 0) is 18.7 Å². The standard InChI is InChI=1S/C27H26N4O2S/c1-3-17-31-25(18-20-9-5-4-6-10-20)29-30-27(31)34-19-21-13-15-22(16-14-21)26(32)28-23-11-7-8-12-24(23)33-2/h3-16H,1,17-19H2,2H3,(H,28,32). The molecule has 0 saturated heterocycles. The first-order valence-corrected chi connectivity index (χ1v) is 11.9. The maximum Gasteiger partial charge on any atom is 0.255 e. The summed E-state index contributed by atoms with van der Waals surface area (Å²) in [6.07, 6.45) is 2.58. The Morgan fingerprint density at radius 1 is 1.00 bits per heavy atom. The number of aromatic nitrogens is 3. The van der Waals surface area contributed by atoms with Crippen LogP contribution < -0.4 is 10.1 Å². The second-order valence-corrected chi connectivity index (χ2v) is 8.54. The number of methoxy groups -OCH3 is 1. The molecule has 6 nitrogen and oxygen atoms in total. The van der Waals surface area contributed by atoms with Gasteiger partial charge in [0.05, 0.1) is 12.8 Å². The highest BCUT2D eigenvalue weighted by molar-refractivity contribution is 7.98. The lowest BCUT2D eigenvalue weighted by atomic mass is 10.1. The van der Waals surface area contributed by atoms with Gasteiger partial charge < -0.3 is 14.6 Å². The van der Waals surface area contributed by atoms with Crippen LogP contribution in [0.15, 0.2) is 96.7 Å². The fourth-order valence-corrected chi connectivity index (χ4v) is 4.41. The lowest BCUT2D eigenvalue weighted by molar-refractivity contribution is 0.102. The monoisotopic (exact) mass is 470 g/mol. The van der Waals surface area contributed by atoms with Crippen molar-refractivity contribution in [1.29, 1.82) is 0 Å². The molecule has 7 heteroatoms. The van der Waals surface area contributed by atoms with Crippen LogP contribution in [0.25, 0.3) is 0 Å². The van der Waals surface area contributed by atoms with Crippen LogP contribution >= 0.6 is 11.8 Å². The van der Waals surface area contributed by atoms with E-state index in [9.17, 15) is 4.79 Å². The Hall–Kier alpha value is -3.84. The minimum Gasteiger partial charge on any atom is -0.495 e. The molecule has 0 spiro atoms. The number of hydrogen-bond donors (Lipinski definition) is 1. The van der Waals surface area contributed by atoms with Gasteiger partial charge in [0.15, 0.2) is 5.16 Å². The van der Waals surface area contributed by atoms with Gasteiger partial charge in [-0.25, -0.2) is 0 Å². The van der Waals surface area contributed by atoms with Gasteiger partial charge >= 0.3 is 0 Å². The zero-order valence-corrected chi connectivity index (χ0v) is 19.8. The summed E-state index contributed by atoms with van der Waals surface area (Å²) in [7, 11) is 1.58. The van der Waals surface area contributed by atoms with Gasteiger partial charge in [0.2, 0.25) is 0 Å². The molecule has 0 saturated carbocycles. The Kier molecular flexibility index (Phi) is 7.78. The number of para-hydroxylation sites is 2. The van der Waals surface area contributed by atoms with Gasteiger partial charge in [0.25, 0.3) is 5.91 Å². The molecule has 0 unspecified atom stereocenters. The minimum atomic E-state index is -0.181. The van der Waals surface area contributed by atoms with Gasteiger partial charge in [-0.15, -0.1) is 16.8 Å². The number of nitrogens with one attached hydrogen (secondary N) is 1. The van der Waals surface area contributed by atoms with Crippen molar-refractivity contribution in [2.45, 2.75) is 23.9 Å². The summed E-state index contributed by atoms with van der Waals surface area (Å²) in [6.45, 7) is 4.53. The number of hydrogen-bond acceptors (Lipinski definition) is 5. The van der Waals surface area contributed by atoms with Gasteiger partial charge in [0.1, 0.15) is 11.6 Å². The number of ether oxygens (including phenoxy) is 1. The Morgan fingerprint density at radius 2 is 1.74 bits per heavy atom. The van der Waals surface area contributed by atoms with E-state index in [2.05, 4.69) is 38.8 Å². The van der Waals surface area contributed by atoms with Crippen LogP contribution in [0.1, 0.15) is 27.3 Å². The molecule has 0 aliphatic heterocycles. The van der Waals surface area contributed by atoms with Crippen LogP contribution in [0.2, 0.25) is 0 Å². The number of amides is 1. The molecule has 0 fully saturated rings. The number of carbonyl (C=O) groups excluding carboxylic acids is 1. The highest BCUT2D eigenvalue weighted by atomic mass is 32.2. The Labute approximate surface area is 203 Å². The molecule has 1 aromatic heterocycles. The third-order valence-corrected chi connectivity index (χ3v) is 6.29. The van der Waals surface area contributed by atoms with Gasteiger partial charge in [-0.3, -0.25) is 4.79 Å². The van der Waals surface area contributed by atoms with Crippen molar-refractivity contribution in [3.05, 3.63) is 114 Å². The highest BCUT2D eigenvalue weighted by Gasteiger charge is 2.13. The number of anilines is 1. The van der Waals surface area contributed by atoms with Gasteiger partial charge in [-0.1, -0.05) is 72.4 Å². The molecular weight excluding hydrogens is 444 g/mol. The number of benzene rings is 3. The molecule has 0 aliphatic carbocycles.